The molecule has 0 saturated heterocycles. The fourth-order valence-corrected chi connectivity index (χ4v) is 2.00. The molecule has 2 heteroatoms. The smallest absolute Gasteiger partial charge is 0.338 e. The van der Waals surface area contributed by atoms with E-state index in [2.05, 4.69) is 6.07 Å². The van der Waals surface area contributed by atoms with Crippen molar-refractivity contribution in [3.63, 3.8) is 0 Å². The van der Waals surface area contributed by atoms with E-state index in [1.807, 2.05) is 12.1 Å². The van der Waals surface area contributed by atoms with Crippen LogP contribution in [0.1, 0.15) is 33.8 Å². The van der Waals surface area contributed by atoms with Crippen LogP contribution in [0, 0.1) is 0 Å². The Kier molecular flexibility index (Phi) is 0.980. The van der Waals surface area contributed by atoms with Crippen molar-refractivity contribution in [1.82, 2.24) is 0 Å². The summed E-state index contributed by atoms with van der Waals surface area (Å²) in [6.45, 7) is 0.571. The van der Waals surface area contributed by atoms with E-state index in [1.54, 1.807) is 0 Å². The van der Waals surface area contributed by atoms with Crippen molar-refractivity contribution in [1.29, 1.82) is 0 Å². The average molecular weight is 160 g/mol. The first-order valence-electron chi connectivity index (χ1n) is 4.18. The van der Waals surface area contributed by atoms with Gasteiger partial charge < -0.3 is 4.74 Å². The molecule has 0 saturated carbocycles. The van der Waals surface area contributed by atoms with Crippen LogP contribution in [0.2, 0.25) is 0 Å². The van der Waals surface area contributed by atoms with Gasteiger partial charge in [0.1, 0.15) is 0 Å². The van der Waals surface area contributed by atoms with Gasteiger partial charge in [-0.15, -0.1) is 0 Å². The molecule has 1 atom stereocenters. The number of carbonyl (C=O) groups excluding carboxylic acids is 1. The lowest BCUT2D eigenvalue weighted by atomic mass is 10.2. The predicted octanol–water partition coefficient (Wildman–Crippen LogP) is 1.69. The lowest BCUT2D eigenvalue weighted by Crippen LogP contribution is -2.04. The zero-order valence-corrected chi connectivity index (χ0v) is 6.54. The molecule has 1 heterocycles. The molecule has 3 rings (SSSR count). The number of hydrogen-bond donors (Lipinski definition) is 0. The van der Waals surface area contributed by atoms with E-state index in [0.717, 1.165) is 12.0 Å². The molecule has 0 bridgehead atoms. The molecule has 2 nitrogen and oxygen atoms in total. The number of hydrogen-bond acceptors (Lipinski definition) is 2. The highest BCUT2D eigenvalue weighted by Gasteiger charge is 2.39. The minimum absolute atomic E-state index is 0.146. The van der Waals surface area contributed by atoms with Crippen molar-refractivity contribution in [2.45, 2.75) is 12.3 Å². The first-order chi connectivity index (χ1) is 5.88. The van der Waals surface area contributed by atoms with Gasteiger partial charge in [0.05, 0.1) is 12.2 Å². The maximum atomic E-state index is 11.3. The second-order valence-electron chi connectivity index (χ2n) is 3.29. The molecule has 0 radical (unpaired) electrons. The van der Waals surface area contributed by atoms with Gasteiger partial charge in [0.25, 0.3) is 0 Å². The third-order valence-corrected chi connectivity index (χ3v) is 2.64. The second kappa shape index (κ2) is 1.89. The Morgan fingerprint density at radius 2 is 2.33 bits per heavy atom. The number of fused-ring (bicyclic) bond motifs is 1. The molecule has 1 aliphatic heterocycles. The number of esters is 1. The van der Waals surface area contributed by atoms with E-state index in [0.29, 0.717) is 12.5 Å². The van der Waals surface area contributed by atoms with Gasteiger partial charge in [-0.25, -0.2) is 4.79 Å². The topological polar surface area (TPSA) is 26.3 Å². The Balaban J connectivity index is 2.21. The van der Waals surface area contributed by atoms with Crippen LogP contribution >= 0.6 is 0 Å². The van der Waals surface area contributed by atoms with Crippen LogP contribution in [0.3, 0.4) is 0 Å². The number of cyclic esters (lactones) is 1. The highest BCUT2D eigenvalue weighted by atomic mass is 16.5. The lowest BCUT2D eigenvalue weighted by molar-refractivity contribution is 0.0510. The number of carbonyl (C=O) groups is 1. The van der Waals surface area contributed by atoms with E-state index >= 15 is 0 Å². The Bertz CT molecular complexity index is 368. The molecule has 0 N–H and O–H groups in total. The Morgan fingerprint density at radius 1 is 1.42 bits per heavy atom. The highest BCUT2D eigenvalue weighted by molar-refractivity contribution is 5.94. The van der Waals surface area contributed by atoms with E-state index < -0.39 is 0 Å². The highest BCUT2D eigenvalue weighted by Crippen LogP contribution is 2.49. The molecule has 1 aromatic carbocycles. The van der Waals surface area contributed by atoms with Crippen molar-refractivity contribution >= 4 is 5.97 Å². The third kappa shape index (κ3) is 0.624. The van der Waals surface area contributed by atoms with Crippen molar-refractivity contribution < 1.29 is 9.53 Å². The summed E-state index contributed by atoms with van der Waals surface area (Å²) in [5.74, 6) is 0.383. The minimum Gasteiger partial charge on any atom is -0.462 e. The summed E-state index contributed by atoms with van der Waals surface area (Å²) >= 11 is 0. The molecular formula is C10H8O2. The van der Waals surface area contributed by atoms with Gasteiger partial charge in [-0.3, -0.25) is 0 Å². The van der Waals surface area contributed by atoms with Gasteiger partial charge in [0.15, 0.2) is 0 Å². The van der Waals surface area contributed by atoms with Crippen molar-refractivity contribution in [3.05, 3.63) is 34.9 Å². The Labute approximate surface area is 70.2 Å². The molecule has 0 unspecified atom stereocenters. The SMILES string of the molecule is O=C1OCC[C@H]2c3cccc1c32. The molecule has 12 heavy (non-hydrogen) atoms. The third-order valence-electron chi connectivity index (χ3n) is 2.64. The van der Waals surface area contributed by atoms with Crippen LogP contribution in [-0.4, -0.2) is 12.6 Å². The molecule has 0 aromatic heterocycles. The van der Waals surface area contributed by atoms with Gasteiger partial charge in [0.2, 0.25) is 0 Å². The second-order valence-corrected chi connectivity index (χ2v) is 3.29. The van der Waals surface area contributed by atoms with Crippen molar-refractivity contribution in [2.75, 3.05) is 6.61 Å². The van der Waals surface area contributed by atoms with Crippen LogP contribution in [-0.2, 0) is 4.74 Å². The molecule has 0 spiro atoms. The molecule has 1 aliphatic carbocycles. The van der Waals surface area contributed by atoms with Gasteiger partial charge >= 0.3 is 5.97 Å². The maximum Gasteiger partial charge on any atom is 0.338 e. The van der Waals surface area contributed by atoms with Crippen LogP contribution in [0.4, 0.5) is 0 Å². The zero-order chi connectivity index (χ0) is 8.13. The van der Waals surface area contributed by atoms with Crippen molar-refractivity contribution in [3.8, 4) is 0 Å². The van der Waals surface area contributed by atoms with Crippen LogP contribution in [0.5, 0.6) is 0 Å². The van der Waals surface area contributed by atoms with Gasteiger partial charge in [-0.05, 0) is 23.6 Å². The molecular weight excluding hydrogens is 152 g/mol. The van der Waals surface area contributed by atoms with Gasteiger partial charge in [0, 0.05) is 5.92 Å². The zero-order valence-electron chi connectivity index (χ0n) is 6.54. The predicted molar refractivity (Wildman–Crippen MR) is 43.2 cm³/mol. The standard InChI is InChI=1S/C10H8O2/c11-10-8-3-1-2-6-7(9(6)8)4-5-12-10/h1-3,7H,4-5H2/t7-/m0/s1. The largest absolute Gasteiger partial charge is 0.462 e. The summed E-state index contributed by atoms with van der Waals surface area (Å²) in [6.07, 6.45) is 0.970. The van der Waals surface area contributed by atoms with Gasteiger partial charge in [-0.2, -0.15) is 0 Å². The van der Waals surface area contributed by atoms with E-state index in [4.69, 9.17) is 4.74 Å². The first kappa shape index (κ1) is 6.23. The molecule has 60 valence electrons. The summed E-state index contributed by atoms with van der Waals surface area (Å²) < 4.78 is 5.01. The summed E-state index contributed by atoms with van der Waals surface area (Å²) in [5.41, 5.74) is 3.37. The number of rotatable bonds is 0. The monoisotopic (exact) mass is 160 g/mol. The molecule has 0 fully saturated rings. The average Bonchev–Trinajstić information content (AvgIpc) is 2.80. The summed E-state index contributed by atoms with van der Waals surface area (Å²) in [6, 6.07) is 5.88. The fourth-order valence-electron chi connectivity index (χ4n) is 2.00. The summed E-state index contributed by atoms with van der Waals surface area (Å²) in [4.78, 5) is 11.3. The van der Waals surface area contributed by atoms with E-state index in [9.17, 15) is 4.79 Å². The fraction of sp³-hybridized carbons (Fsp3) is 0.300. The molecule has 1 aromatic rings. The van der Waals surface area contributed by atoms with E-state index in [1.165, 1.54) is 11.1 Å². The molecule has 2 aliphatic rings. The lowest BCUT2D eigenvalue weighted by Gasteiger charge is -2.00. The minimum atomic E-state index is -0.146. The van der Waals surface area contributed by atoms with Crippen LogP contribution in [0.25, 0.3) is 0 Å². The molecule has 0 amide bonds. The Morgan fingerprint density at radius 3 is 3.25 bits per heavy atom. The first-order valence-corrected chi connectivity index (χ1v) is 4.18. The van der Waals surface area contributed by atoms with Crippen LogP contribution < -0.4 is 0 Å². The number of ether oxygens (including phenoxy) is 1. The van der Waals surface area contributed by atoms with Gasteiger partial charge in [-0.1, -0.05) is 12.1 Å². The van der Waals surface area contributed by atoms with E-state index in [-0.39, 0.29) is 5.97 Å². The number of benzene rings is 1. The summed E-state index contributed by atoms with van der Waals surface area (Å²) in [5, 5.41) is 0. The van der Waals surface area contributed by atoms with Crippen molar-refractivity contribution in [2.24, 2.45) is 0 Å². The Hall–Kier alpha value is -1.31. The maximum absolute atomic E-state index is 11.3. The normalized spacial score (nSPS) is 24.0. The van der Waals surface area contributed by atoms with Crippen LogP contribution in [0.15, 0.2) is 18.2 Å². The summed E-state index contributed by atoms with van der Waals surface area (Å²) in [7, 11) is 0. The quantitative estimate of drug-likeness (QED) is 0.540.